The van der Waals surface area contributed by atoms with E-state index in [-0.39, 0.29) is 11.7 Å². The Morgan fingerprint density at radius 1 is 1.09 bits per heavy atom. The minimum atomic E-state index is -0.154. The van der Waals surface area contributed by atoms with Crippen molar-refractivity contribution in [2.45, 2.75) is 23.9 Å². The van der Waals surface area contributed by atoms with Crippen LogP contribution in [0.25, 0.3) is 11.4 Å². The summed E-state index contributed by atoms with van der Waals surface area (Å²) in [4.78, 5) is 12.7. The van der Waals surface area contributed by atoms with Gasteiger partial charge in [-0.15, -0.1) is 5.10 Å². The van der Waals surface area contributed by atoms with Crippen molar-refractivity contribution in [2.75, 3.05) is 18.2 Å². The highest BCUT2D eigenvalue weighted by Gasteiger charge is 2.28. The largest absolute Gasteiger partial charge is 0.497 e. The Balaban J connectivity index is 1.29. The number of carbonyl (C=O) groups excluding carboxylic acids is 1. The molecule has 0 bridgehead atoms. The van der Waals surface area contributed by atoms with Crippen molar-refractivity contribution in [3.8, 4) is 17.1 Å². The minimum Gasteiger partial charge on any atom is -0.497 e. The molecule has 1 N–H and O–H groups in total. The number of nitrogens with one attached hydrogen (secondary N) is 1. The Kier molecular flexibility index (Phi) is 5.59. The van der Waals surface area contributed by atoms with Gasteiger partial charge in [0.1, 0.15) is 11.6 Å². The maximum Gasteiger partial charge on any atom is 0.236 e. The summed E-state index contributed by atoms with van der Waals surface area (Å²) in [5.41, 5.74) is 2.71. The van der Waals surface area contributed by atoms with Gasteiger partial charge in [0.15, 0.2) is 0 Å². The standard InChI is InChI=1S/C22H21N7O2S/c1-31-18-11-9-17(10-12-18)29-22(24-26-27-29)32-14-21(30)23-20-13-19(15-7-8-15)25-28(20)16-5-3-2-4-6-16/h2-6,9-13,15H,7-8,14H2,1H3,(H,23,30). The second-order valence-electron chi connectivity index (χ2n) is 7.38. The summed E-state index contributed by atoms with van der Waals surface area (Å²) >= 11 is 1.27. The normalized spacial score (nSPS) is 13.2. The van der Waals surface area contributed by atoms with Crippen LogP contribution in [-0.4, -0.2) is 48.8 Å². The molecule has 4 aromatic rings. The molecule has 1 amide bonds. The van der Waals surface area contributed by atoms with E-state index in [4.69, 9.17) is 9.84 Å². The molecule has 0 saturated heterocycles. The van der Waals surface area contributed by atoms with Crippen LogP contribution in [0.4, 0.5) is 5.82 Å². The minimum absolute atomic E-state index is 0.154. The lowest BCUT2D eigenvalue weighted by Gasteiger charge is -2.09. The van der Waals surface area contributed by atoms with Gasteiger partial charge in [-0.2, -0.15) is 9.78 Å². The monoisotopic (exact) mass is 447 g/mol. The lowest BCUT2D eigenvalue weighted by Crippen LogP contribution is -2.17. The van der Waals surface area contributed by atoms with Gasteiger partial charge < -0.3 is 10.1 Å². The summed E-state index contributed by atoms with van der Waals surface area (Å²) in [6, 6.07) is 19.1. The van der Waals surface area contributed by atoms with Crippen molar-refractivity contribution in [3.05, 3.63) is 66.4 Å². The molecule has 0 unspecified atom stereocenters. The maximum atomic E-state index is 12.7. The molecule has 1 saturated carbocycles. The number of anilines is 1. The molecule has 2 heterocycles. The van der Waals surface area contributed by atoms with Crippen molar-refractivity contribution in [3.63, 3.8) is 0 Å². The number of thioether (sulfide) groups is 1. The fourth-order valence-corrected chi connectivity index (χ4v) is 3.99. The number of nitrogens with zero attached hydrogens (tertiary/aromatic N) is 6. The van der Waals surface area contributed by atoms with Crippen LogP contribution in [0.1, 0.15) is 24.5 Å². The second kappa shape index (κ2) is 8.83. The first-order valence-electron chi connectivity index (χ1n) is 10.2. The Bertz CT molecular complexity index is 1220. The summed E-state index contributed by atoms with van der Waals surface area (Å²) in [5, 5.41) is 20.1. The number of rotatable bonds is 8. The van der Waals surface area contributed by atoms with E-state index in [0.717, 1.165) is 35.7 Å². The second-order valence-corrected chi connectivity index (χ2v) is 8.33. The highest BCUT2D eigenvalue weighted by molar-refractivity contribution is 7.99. The van der Waals surface area contributed by atoms with Gasteiger partial charge in [-0.3, -0.25) is 4.79 Å². The summed E-state index contributed by atoms with van der Waals surface area (Å²) in [6.45, 7) is 0. The van der Waals surface area contributed by atoms with Gasteiger partial charge in [-0.25, -0.2) is 4.68 Å². The van der Waals surface area contributed by atoms with Crippen LogP contribution in [-0.2, 0) is 4.79 Å². The first-order chi connectivity index (χ1) is 15.7. The fraction of sp³-hybridized carbons (Fsp3) is 0.227. The van der Waals surface area contributed by atoms with E-state index < -0.39 is 0 Å². The van der Waals surface area contributed by atoms with E-state index in [2.05, 4.69) is 20.8 Å². The van der Waals surface area contributed by atoms with E-state index in [1.165, 1.54) is 11.8 Å². The Morgan fingerprint density at radius 2 is 1.84 bits per heavy atom. The number of methoxy groups -OCH3 is 1. The van der Waals surface area contributed by atoms with Crippen molar-refractivity contribution in [1.29, 1.82) is 0 Å². The Labute approximate surface area is 188 Å². The molecule has 0 aliphatic heterocycles. The predicted octanol–water partition coefficient (Wildman–Crippen LogP) is 3.46. The van der Waals surface area contributed by atoms with Crippen molar-refractivity contribution < 1.29 is 9.53 Å². The molecule has 9 nitrogen and oxygen atoms in total. The van der Waals surface area contributed by atoms with Gasteiger partial charge in [0, 0.05) is 12.0 Å². The van der Waals surface area contributed by atoms with E-state index in [1.54, 1.807) is 16.5 Å². The lowest BCUT2D eigenvalue weighted by molar-refractivity contribution is -0.113. The van der Waals surface area contributed by atoms with Crippen molar-refractivity contribution in [2.24, 2.45) is 0 Å². The number of hydrogen-bond acceptors (Lipinski definition) is 7. The van der Waals surface area contributed by atoms with Crippen LogP contribution in [0.15, 0.2) is 65.8 Å². The SMILES string of the molecule is COc1ccc(-n2nnnc2SCC(=O)Nc2cc(C3CC3)nn2-c2ccccc2)cc1. The lowest BCUT2D eigenvalue weighted by atomic mass is 10.3. The molecule has 2 aromatic carbocycles. The number of carbonyl (C=O) groups is 1. The van der Waals surface area contributed by atoms with Crippen molar-refractivity contribution >= 4 is 23.5 Å². The molecular formula is C22H21N7O2S. The van der Waals surface area contributed by atoms with Gasteiger partial charge in [0.05, 0.1) is 29.9 Å². The number of benzene rings is 2. The topological polar surface area (TPSA) is 99.8 Å². The zero-order valence-electron chi connectivity index (χ0n) is 17.4. The molecule has 5 rings (SSSR count). The number of para-hydroxylation sites is 1. The summed E-state index contributed by atoms with van der Waals surface area (Å²) in [7, 11) is 1.61. The van der Waals surface area contributed by atoms with Gasteiger partial charge in [-0.1, -0.05) is 30.0 Å². The summed E-state index contributed by atoms with van der Waals surface area (Å²) < 4.78 is 8.57. The van der Waals surface area contributed by atoms with Crippen LogP contribution in [0.2, 0.25) is 0 Å². The summed E-state index contributed by atoms with van der Waals surface area (Å²) in [6.07, 6.45) is 2.28. The van der Waals surface area contributed by atoms with Crippen LogP contribution < -0.4 is 10.1 Å². The van der Waals surface area contributed by atoms with Gasteiger partial charge in [0.2, 0.25) is 11.1 Å². The first-order valence-corrected chi connectivity index (χ1v) is 11.2. The summed E-state index contributed by atoms with van der Waals surface area (Å²) in [5.74, 6) is 1.90. The van der Waals surface area contributed by atoms with Crippen molar-refractivity contribution in [1.82, 2.24) is 30.0 Å². The molecular weight excluding hydrogens is 426 g/mol. The Morgan fingerprint density at radius 3 is 2.56 bits per heavy atom. The third-order valence-corrected chi connectivity index (χ3v) is 6.00. The molecule has 1 aliphatic rings. The quantitative estimate of drug-likeness (QED) is 0.413. The molecule has 10 heteroatoms. The fourth-order valence-electron chi connectivity index (χ4n) is 3.30. The van der Waals surface area contributed by atoms with E-state index in [9.17, 15) is 4.79 Å². The third-order valence-electron chi connectivity index (χ3n) is 5.08. The maximum absolute atomic E-state index is 12.7. The smallest absolute Gasteiger partial charge is 0.236 e. The van der Waals surface area contributed by atoms with E-state index in [0.29, 0.717) is 16.9 Å². The van der Waals surface area contributed by atoms with Crippen LogP contribution in [0, 0.1) is 0 Å². The predicted molar refractivity (Wildman–Crippen MR) is 121 cm³/mol. The molecule has 162 valence electrons. The van der Waals surface area contributed by atoms with Gasteiger partial charge >= 0.3 is 0 Å². The molecule has 32 heavy (non-hydrogen) atoms. The number of hydrogen-bond donors (Lipinski definition) is 1. The Hall–Kier alpha value is -3.66. The van der Waals surface area contributed by atoms with Gasteiger partial charge in [0.25, 0.3) is 0 Å². The highest BCUT2D eigenvalue weighted by Crippen LogP contribution is 2.40. The zero-order chi connectivity index (χ0) is 21.9. The first kappa shape index (κ1) is 20.3. The highest BCUT2D eigenvalue weighted by atomic mass is 32.2. The number of ether oxygens (including phenoxy) is 1. The van der Waals surface area contributed by atoms with Crippen LogP contribution >= 0.6 is 11.8 Å². The molecule has 2 aromatic heterocycles. The average molecular weight is 448 g/mol. The average Bonchev–Trinajstić information content (AvgIpc) is 3.43. The molecule has 0 radical (unpaired) electrons. The van der Waals surface area contributed by atoms with E-state index >= 15 is 0 Å². The number of aromatic nitrogens is 6. The molecule has 1 fully saturated rings. The molecule has 0 spiro atoms. The number of tetrazole rings is 1. The number of amides is 1. The van der Waals surface area contributed by atoms with Crippen LogP contribution in [0.3, 0.4) is 0 Å². The third kappa shape index (κ3) is 4.35. The van der Waals surface area contributed by atoms with Crippen LogP contribution in [0.5, 0.6) is 5.75 Å². The van der Waals surface area contributed by atoms with Gasteiger partial charge in [-0.05, 0) is 59.7 Å². The van der Waals surface area contributed by atoms with E-state index in [1.807, 2.05) is 60.7 Å². The zero-order valence-corrected chi connectivity index (χ0v) is 18.2. The molecule has 1 aliphatic carbocycles. The molecule has 0 atom stereocenters.